The minimum absolute atomic E-state index is 0.174. The second-order valence-corrected chi connectivity index (χ2v) is 7.73. The summed E-state index contributed by atoms with van der Waals surface area (Å²) in [5.74, 6) is 0.537. The van der Waals surface area contributed by atoms with Gasteiger partial charge in [0.2, 0.25) is 5.91 Å². The van der Waals surface area contributed by atoms with Gasteiger partial charge in [-0.2, -0.15) is 0 Å². The second-order valence-electron chi connectivity index (χ2n) is 7.73. The highest BCUT2D eigenvalue weighted by molar-refractivity contribution is 5.79. The lowest BCUT2D eigenvalue weighted by atomic mass is 9.85. The van der Waals surface area contributed by atoms with E-state index in [1.54, 1.807) is 0 Å². The Balaban J connectivity index is 1.41. The molecule has 2 N–H and O–H groups in total. The van der Waals surface area contributed by atoms with Gasteiger partial charge < -0.3 is 15.5 Å². The number of amides is 1. The molecule has 0 radical (unpaired) electrons. The second kappa shape index (κ2) is 9.35. The van der Waals surface area contributed by atoms with Gasteiger partial charge in [-0.1, -0.05) is 36.8 Å². The van der Waals surface area contributed by atoms with E-state index in [-0.39, 0.29) is 12.0 Å². The molecule has 1 saturated carbocycles. The van der Waals surface area contributed by atoms with Crippen LogP contribution in [0.5, 0.6) is 0 Å². The van der Waals surface area contributed by atoms with Crippen molar-refractivity contribution in [2.75, 3.05) is 32.7 Å². The van der Waals surface area contributed by atoms with Crippen LogP contribution in [0, 0.1) is 5.92 Å². The van der Waals surface area contributed by atoms with Crippen molar-refractivity contribution in [2.45, 2.75) is 51.0 Å². The van der Waals surface area contributed by atoms with E-state index in [2.05, 4.69) is 40.1 Å². The third-order valence-electron chi connectivity index (χ3n) is 5.75. The number of aryl methyl sites for hydroxylation is 1. The molecule has 25 heavy (non-hydrogen) atoms. The molecule has 2 aliphatic rings. The molecule has 1 aromatic carbocycles. The summed E-state index contributed by atoms with van der Waals surface area (Å²) >= 11 is 0. The zero-order valence-corrected chi connectivity index (χ0v) is 15.4. The molecule has 1 aromatic rings. The summed E-state index contributed by atoms with van der Waals surface area (Å²) in [7, 11) is 0. The number of benzene rings is 1. The standard InChI is InChI=1S/C21H33N3O/c22-20-11-4-10-19(17-20)21(25)24-14-6-13-23(15-16-24)12-5-9-18-7-2-1-3-8-18/h1-3,7-8,19-20H,4-6,9-17,22H2/t19-,20-/m1/s1. The highest BCUT2D eigenvalue weighted by atomic mass is 16.2. The van der Waals surface area contributed by atoms with Gasteiger partial charge in [0, 0.05) is 31.6 Å². The summed E-state index contributed by atoms with van der Waals surface area (Å²) < 4.78 is 0. The maximum atomic E-state index is 12.8. The summed E-state index contributed by atoms with van der Waals surface area (Å²) in [6.45, 7) is 5.06. The van der Waals surface area contributed by atoms with Crippen molar-refractivity contribution in [1.29, 1.82) is 0 Å². The first-order chi connectivity index (χ1) is 12.2. The molecule has 0 unspecified atom stereocenters. The highest BCUT2D eigenvalue weighted by Crippen LogP contribution is 2.25. The van der Waals surface area contributed by atoms with Gasteiger partial charge in [0.05, 0.1) is 0 Å². The van der Waals surface area contributed by atoms with Gasteiger partial charge >= 0.3 is 0 Å². The molecule has 4 heteroatoms. The van der Waals surface area contributed by atoms with E-state index in [4.69, 9.17) is 5.73 Å². The largest absolute Gasteiger partial charge is 0.341 e. The third kappa shape index (κ3) is 5.55. The number of hydrogen-bond donors (Lipinski definition) is 1. The number of carbonyl (C=O) groups excluding carboxylic acids is 1. The number of nitrogens with zero attached hydrogens (tertiary/aromatic N) is 2. The van der Waals surface area contributed by atoms with Crippen LogP contribution in [0.2, 0.25) is 0 Å². The van der Waals surface area contributed by atoms with Crippen LogP contribution in [-0.2, 0) is 11.2 Å². The molecule has 1 heterocycles. The zero-order chi connectivity index (χ0) is 17.5. The van der Waals surface area contributed by atoms with Gasteiger partial charge in [-0.15, -0.1) is 0 Å². The molecule has 2 atom stereocenters. The quantitative estimate of drug-likeness (QED) is 0.894. The Morgan fingerprint density at radius 1 is 1.04 bits per heavy atom. The van der Waals surface area contributed by atoms with Crippen LogP contribution in [0.25, 0.3) is 0 Å². The maximum absolute atomic E-state index is 12.8. The lowest BCUT2D eigenvalue weighted by Gasteiger charge is -2.31. The zero-order valence-electron chi connectivity index (χ0n) is 15.4. The monoisotopic (exact) mass is 343 g/mol. The van der Waals surface area contributed by atoms with Gasteiger partial charge in [0.15, 0.2) is 0 Å². The van der Waals surface area contributed by atoms with Crippen molar-refractivity contribution in [1.82, 2.24) is 9.80 Å². The molecule has 1 aliphatic heterocycles. The molecule has 0 aromatic heterocycles. The van der Waals surface area contributed by atoms with E-state index >= 15 is 0 Å². The van der Waals surface area contributed by atoms with Gasteiger partial charge in [-0.05, 0) is 57.2 Å². The van der Waals surface area contributed by atoms with Crippen molar-refractivity contribution in [3.05, 3.63) is 35.9 Å². The summed E-state index contributed by atoms with van der Waals surface area (Å²) in [5, 5.41) is 0. The van der Waals surface area contributed by atoms with Crippen LogP contribution in [0.4, 0.5) is 0 Å². The molecule has 0 bridgehead atoms. The van der Waals surface area contributed by atoms with Crippen LogP contribution in [-0.4, -0.2) is 54.5 Å². The van der Waals surface area contributed by atoms with Crippen LogP contribution in [0.15, 0.2) is 30.3 Å². The fourth-order valence-electron chi connectivity index (χ4n) is 4.28. The third-order valence-corrected chi connectivity index (χ3v) is 5.75. The predicted octanol–water partition coefficient (Wildman–Crippen LogP) is 2.67. The molecule has 1 amide bonds. The van der Waals surface area contributed by atoms with E-state index in [1.807, 2.05) is 0 Å². The summed E-state index contributed by atoms with van der Waals surface area (Å²) in [5.41, 5.74) is 7.49. The Labute approximate surface area is 152 Å². The van der Waals surface area contributed by atoms with Gasteiger partial charge in [-0.3, -0.25) is 4.79 Å². The van der Waals surface area contributed by atoms with Crippen LogP contribution >= 0.6 is 0 Å². The Morgan fingerprint density at radius 3 is 2.68 bits per heavy atom. The number of carbonyl (C=O) groups is 1. The van der Waals surface area contributed by atoms with Crippen molar-refractivity contribution >= 4 is 5.91 Å². The molecule has 3 rings (SSSR count). The van der Waals surface area contributed by atoms with Crippen LogP contribution in [0.1, 0.15) is 44.1 Å². The molecule has 4 nitrogen and oxygen atoms in total. The average molecular weight is 344 g/mol. The molecule has 1 aliphatic carbocycles. The topological polar surface area (TPSA) is 49.6 Å². The molecule has 138 valence electrons. The number of nitrogens with two attached hydrogens (primary N) is 1. The SMILES string of the molecule is N[C@@H]1CCC[C@@H](C(=O)N2CCCN(CCCc3ccccc3)CC2)C1. The highest BCUT2D eigenvalue weighted by Gasteiger charge is 2.29. The van der Waals surface area contributed by atoms with Crippen LogP contribution < -0.4 is 5.73 Å². The molecular weight excluding hydrogens is 310 g/mol. The fraction of sp³-hybridized carbons (Fsp3) is 0.667. The Morgan fingerprint density at radius 2 is 1.88 bits per heavy atom. The first-order valence-electron chi connectivity index (χ1n) is 10.0. The first kappa shape index (κ1) is 18.4. The van der Waals surface area contributed by atoms with Crippen molar-refractivity contribution in [2.24, 2.45) is 11.7 Å². The fourth-order valence-corrected chi connectivity index (χ4v) is 4.28. The van der Waals surface area contributed by atoms with Crippen molar-refractivity contribution < 1.29 is 4.79 Å². The van der Waals surface area contributed by atoms with E-state index in [0.717, 1.165) is 71.2 Å². The van der Waals surface area contributed by atoms with Gasteiger partial charge in [0.1, 0.15) is 0 Å². The van der Waals surface area contributed by atoms with E-state index in [0.29, 0.717) is 5.91 Å². The minimum atomic E-state index is 0.174. The minimum Gasteiger partial charge on any atom is -0.341 e. The predicted molar refractivity (Wildman–Crippen MR) is 102 cm³/mol. The van der Waals surface area contributed by atoms with Crippen molar-refractivity contribution in [3.8, 4) is 0 Å². The summed E-state index contributed by atoms with van der Waals surface area (Å²) in [6, 6.07) is 10.9. The van der Waals surface area contributed by atoms with Gasteiger partial charge in [-0.25, -0.2) is 0 Å². The van der Waals surface area contributed by atoms with E-state index < -0.39 is 0 Å². The normalized spacial score (nSPS) is 25.6. The molecular formula is C21H33N3O. The maximum Gasteiger partial charge on any atom is 0.225 e. The van der Waals surface area contributed by atoms with Crippen LogP contribution in [0.3, 0.4) is 0 Å². The molecule has 1 saturated heterocycles. The van der Waals surface area contributed by atoms with Crippen molar-refractivity contribution in [3.63, 3.8) is 0 Å². The number of rotatable bonds is 5. The Bertz CT molecular complexity index is 533. The lowest BCUT2D eigenvalue weighted by Crippen LogP contribution is -2.42. The summed E-state index contributed by atoms with van der Waals surface area (Å²) in [4.78, 5) is 17.5. The first-order valence-corrected chi connectivity index (χ1v) is 10.0. The van der Waals surface area contributed by atoms with Gasteiger partial charge in [0.25, 0.3) is 0 Å². The average Bonchev–Trinajstić information content (AvgIpc) is 2.88. The Kier molecular flexibility index (Phi) is 6.88. The lowest BCUT2D eigenvalue weighted by molar-refractivity contribution is -0.136. The smallest absolute Gasteiger partial charge is 0.225 e. The molecule has 0 spiro atoms. The summed E-state index contributed by atoms with van der Waals surface area (Å²) in [6.07, 6.45) is 7.53. The molecule has 2 fully saturated rings. The van der Waals surface area contributed by atoms with E-state index in [9.17, 15) is 4.79 Å². The van der Waals surface area contributed by atoms with E-state index in [1.165, 1.54) is 12.0 Å². The number of hydrogen-bond acceptors (Lipinski definition) is 3. The Hall–Kier alpha value is -1.39.